The van der Waals surface area contributed by atoms with Crippen LogP contribution in [-0.4, -0.2) is 14.8 Å². The van der Waals surface area contributed by atoms with Crippen molar-refractivity contribution < 1.29 is 4.74 Å². The number of para-hydroxylation sites is 1. The first-order valence-corrected chi connectivity index (χ1v) is 10.6. The molecule has 0 fully saturated rings. The van der Waals surface area contributed by atoms with Gasteiger partial charge in [-0.2, -0.15) is 5.10 Å². The van der Waals surface area contributed by atoms with Crippen molar-refractivity contribution in [2.45, 2.75) is 13.5 Å². The molecule has 5 aromatic rings. The van der Waals surface area contributed by atoms with Crippen molar-refractivity contribution in [3.05, 3.63) is 78.6 Å². The van der Waals surface area contributed by atoms with Gasteiger partial charge in [-0.05, 0) is 42.1 Å². The molecule has 2 aromatic carbocycles. The number of thiophene rings is 1. The quantitative estimate of drug-likeness (QED) is 0.372. The fourth-order valence-electron chi connectivity index (χ4n) is 3.49. The Morgan fingerprint density at radius 1 is 0.933 bits per heavy atom. The van der Waals surface area contributed by atoms with Gasteiger partial charge in [0, 0.05) is 45.7 Å². The smallest absolute Gasteiger partial charge is 0.132 e. The molecule has 0 saturated heterocycles. The van der Waals surface area contributed by atoms with Gasteiger partial charge in [-0.15, -0.1) is 11.3 Å². The van der Waals surface area contributed by atoms with Crippen LogP contribution in [0.3, 0.4) is 0 Å². The van der Waals surface area contributed by atoms with Crippen molar-refractivity contribution in [2.24, 2.45) is 0 Å². The molecule has 2 N–H and O–H groups in total. The zero-order valence-corrected chi connectivity index (χ0v) is 17.3. The molecule has 148 valence electrons. The van der Waals surface area contributed by atoms with Crippen molar-refractivity contribution >= 4 is 27.2 Å². The molecule has 0 atom stereocenters. The van der Waals surface area contributed by atoms with Gasteiger partial charge in [-0.25, -0.2) is 4.98 Å². The number of ether oxygens (including phenoxy) is 1. The molecule has 0 amide bonds. The summed E-state index contributed by atoms with van der Waals surface area (Å²) in [6.07, 6.45) is 5.76. The highest BCUT2D eigenvalue weighted by Crippen LogP contribution is 2.42. The van der Waals surface area contributed by atoms with Gasteiger partial charge in [0.1, 0.15) is 17.3 Å². The molecule has 0 bridgehead atoms. The summed E-state index contributed by atoms with van der Waals surface area (Å²) in [5.41, 5.74) is 10.6. The molecule has 5 rings (SSSR count). The average Bonchev–Trinajstić information content (AvgIpc) is 3.43. The van der Waals surface area contributed by atoms with Crippen LogP contribution in [0.15, 0.2) is 78.6 Å². The molecule has 0 aliphatic heterocycles. The lowest BCUT2D eigenvalue weighted by Crippen LogP contribution is -1.93. The zero-order chi connectivity index (χ0) is 20.5. The number of nitrogens with zero attached hydrogens (tertiary/aromatic N) is 3. The van der Waals surface area contributed by atoms with E-state index in [0.717, 1.165) is 50.4 Å². The molecule has 0 aliphatic carbocycles. The van der Waals surface area contributed by atoms with E-state index in [1.807, 2.05) is 65.7 Å². The zero-order valence-electron chi connectivity index (χ0n) is 16.4. The molecule has 3 aromatic heterocycles. The molecular formula is C24H20N4OS. The number of benzene rings is 2. The second-order valence-corrected chi connectivity index (χ2v) is 7.81. The van der Waals surface area contributed by atoms with Gasteiger partial charge in [0.25, 0.3) is 0 Å². The standard InChI is InChI=1S/C24H20N4OS/c1-2-28-14-17(12-27-28)20-13-26-24(25)22-21(15-30-23(20)22)16-8-10-19(11-9-16)29-18-6-4-3-5-7-18/h3-15H,2H2,1H3,(H2,25,26). The van der Waals surface area contributed by atoms with Crippen LogP contribution in [-0.2, 0) is 6.54 Å². The predicted octanol–water partition coefficient (Wildman–Crippen LogP) is 6.22. The van der Waals surface area contributed by atoms with Gasteiger partial charge in [-0.3, -0.25) is 4.68 Å². The molecule has 30 heavy (non-hydrogen) atoms. The topological polar surface area (TPSA) is 66.0 Å². The van der Waals surface area contributed by atoms with Crippen molar-refractivity contribution in [1.82, 2.24) is 14.8 Å². The number of aryl methyl sites for hydroxylation is 1. The van der Waals surface area contributed by atoms with Crippen molar-refractivity contribution in [3.63, 3.8) is 0 Å². The fourth-order valence-corrected chi connectivity index (χ4v) is 4.61. The van der Waals surface area contributed by atoms with E-state index in [2.05, 4.69) is 34.5 Å². The number of fused-ring (bicyclic) bond motifs is 1. The number of aromatic nitrogens is 3. The van der Waals surface area contributed by atoms with Crippen LogP contribution in [0.2, 0.25) is 0 Å². The largest absolute Gasteiger partial charge is 0.457 e. The molecule has 0 aliphatic rings. The van der Waals surface area contributed by atoms with Crippen LogP contribution in [0.4, 0.5) is 5.82 Å². The summed E-state index contributed by atoms with van der Waals surface area (Å²) < 4.78 is 8.95. The minimum atomic E-state index is 0.539. The van der Waals surface area contributed by atoms with E-state index < -0.39 is 0 Å². The molecule has 6 heteroatoms. The summed E-state index contributed by atoms with van der Waals surface area (Å²) in [6, 6.07) is 17.8. The Labute approximate surface area is 178 Å². The van der Waals surface area contributed by atoms with Crippen LogP contribution in [0.25, 0.3) is 32.3 Å². The van der Waals surface area contributed by atoms with Crippen molar-refractivity contribution in [2.75, 3.05) is 5.73 Å². The summed E-state index contributed by atoms with van der Waals surface area (Å²) in [5, 5.41) is 7.52. The third-order valence-electron chi connectivity index (χ3n) is 5.04. The molecule has 5 nitrogen and oxygen atoms in total. The summed E-state index contributed by atoms with van der Waals surface area (Å²) in [6.45, 7) is 2.90. The van der Waals surface area contributed by atoms with E-state index in [4.69, 9.17) is 10.5 Å². The second kappa shape index (κ2) is 7.65. The van der Waals surface area contributed by atoms with Crippen molar-refractivity contribution in [3.8, 4) is 33.8 Å². The maximum Gasteiger partial charge on any atom is 0.132 e. The van der Waals surface area contributed by atoms with Crippen LogP contribution in [0.1, 0.15) is 6.92 Å². The first-order chi connectivity index (χ1) is 14.7. The van der Waals surface area contributed by atoms with Crippen LogP contribution >= 0.6 is 11.3 Å². The van der Waals surface area contributed by atoms with E-state index in [0.29, 0.717) is 5.82 Å². The third kappa shape index (κ3) is 3.31. The van der Waals surface area contributed by atoms with Gasteiger partial charge in [-0.1, -0.05) is 30.3 Å². The van der Waals surface area contributed by atoms with Gasteiger partial charge in [0.05, 0.1) is 6.20 Å². The lowest BCUT2D eigenvalue weighted by Gasteiger charge is -2.08. The third-order valence-corrected chi connectivity index (χ3v) is 6.05. The minimum absolute atomic E-state index is 0.539. The monoisotopic (exact) mass is 412 g/mol. The molecule has 0 radical (unpaired) electrons. The van der Waals surface area contributed by atoms with E-state index in [1.165, 1.54) is 0 Å². The number of pyridine rings is 1. The predicted molar refractivity (Wildman–Crippen MR) is 123 cm³/mol. The average molecular weight is 413 g/mol. The summed E-state index contributed by atoms with van der Waals surface area (Å²) in [5.74, 6) is 2.15. The first kappa shape index (κ1) is 18.4. The van der Waals surface area contributed by atoms with Crippen LogP contribution in [0.5, 0.6) is 11.5 Å². The fraction of sp³-hybridized carbons (Fsp3) is 0.0833. The van der Waals surface area contributed by atoms with Gasteiger partial charge >= 0.3 is 0 Å². The number of hydrogen-bond acceptors (Lipinski definition) is 5. The SMILES string of the molecule is CCn1cc(-c2cnc(N)c3c(-c4ccc(Oc5ccccc5)cc4)csc23)cn1. The number of nitrogen functional groups attached to an aromatic ring is 1. The molecule has 0 saturated carbocycles. The Kier molecular flexibility index (Phi) is 4.69. The maximum absolute atomic E-state index is 6.30. The highest BCUT2D eigenvalue weighted by Gasteiger charge is 2.16. The molecular weight excluding hydrogens is 392 g/mol. The first-order valence-electron chi connectivity index (χ1n) is 9.75. The Hall–Kier alpha value is -3.64. The lowest BCUT2D eigenvalue weighted by molar-refractivity contribution is 0.483. The van der Waals surface area contributed by atoms with E-state index in [9.17, 15) is 0 Å². The molecule has 3 heterocycles. The molecule has 0 unspecified atom stereocenters. The van der Waals surface area contributed by atoms with Gasteiger partial charge in [0.15, 0.2) is 0 Å². The Bertz CT molecular complexity index is 1310. The maximum atomic E-state index is 6.30. The second-order valence-electron chi connectivity index (χ2n) is 6.93. The van der Waals surface area contributed by atoms with E-state index >= 15 is 0 Å². The van der Waals surface area contributed by atoms with Gasteiger partial charge < -0.3 is 10.5 Å². The van der Waals surface area contributed by atoms with E-state index in [-0.39, 0.29) is 0 Å². The summed E-state index contributed by atoms with van der Waals surface area (Å²) >= 11 is 1.68. The van der Waals surface area contributed by atoms with Gasteiger partial charge in [0.2, 0.25) is 0 Å². The Balaban J connectivity index is 1.52. The highest BCUT2D eigenvalue weighted by molar-refractivity contribution is 7.18. The van der Waals surface area contributed by atoms with Crippen LogP contribution < -0.4 is 10.5 Å². The number of nitrogens with two attached hydrogens (primary N) is 1. The number of hydrogen-bond donors (Lipinski definition) is 1. The molecule has 0 spiro atoms. The normalized spacial score (nSPS) is 11.1. The van der Waals surface area contributed by atoms with Crippen LogP contribution in [0, 0.1) is 0 Å². The lowest BCUT2D eigenvalue weighted by atomic mass is 10.0. The van der Waals surface area contributed by atoms with E-state index in [1.54, 1.807) is 11.3 Å². The number of anilines is 1. The Morgan fingerprint density at radius 2 is 1.70 bits per heavy atom. The van der Waals surface area contributed by atoms with Crippen molar-refractivity contribution in [1.29, 1.82) is 0 Å². The minimum Gasteiger partial charge on any atom is -0.457 e. The summed E-state index contributed by atoms with van der Waals surface area (Å²) in [4.78, 5) is 4.47. The highest BCUT2D eigenvalue weighted by atomic mass is 32.1. The summed E-state index contributed by atoms with van der Waals surface area (Å²) in [7, 11) is 0. The Morgan fingerprint density at radius 3 is 2.43 bits per heavy atom. The number of rotatable bonds is 5.